The second-order valence-corrected chi connectivity index (χ2v) is 4.60. The average Bonchev–Trinajstić information content (AvgIpc) is 2.42. The van der Waals surface area contributed by atoms with Gasteiger partial charge in [0.25, 0.3) is 0 Å². The van der Waals surface area contributed by atoms with Gasteiger partial charge < -0.3 is 10.1 Å². The van der Waals surface area contributed by atoms with E-state index in [0.29, 0.717) is 5.02 Å². The third-order valence-corrected chi connectivity index (χ3v) is 3.25. The Kier molecular flexibility index (Phi) is 4.40. The molecule has 0 fully saturated rings. The minimum absolute atomic E-state index is 0.0855. The van der Waals surface area contributed by atoms with Gasteiger partial charge in [0.1, 0.15) is 0 Å². The molecular formula is C15H15ClFNO. The van der Waals surface area contributed by atoms with Gasteiger partial charge >= 0.3 is 0 Å². The van der Waals surface area contributed by atoms with Gasteiger partial charge in [-0.05, 0) is 42.4 Å². The van der Waals surface area contributed by atoms with Crippen molar-refractivity contribution in [3.63, 3.8) is 0 Å². The summed E-state index contributed by atoms with van der Waals surface area (Å²) in [4.78, 5) is 0. The van der Waals surface area contributed by atoms with Crippen molar-refractivity contribution in [2.24, 2.45) is 0 Å². The van der Waals surface area contributed by atoms with Crippen LogP contribution in [0.2, 0.25) is 5.02 Å². The summed E-state index contributed by atoms with van der Waals surface area (Å²) in [5.41, 5.74) is 1.86. The summed E-state index contributed by atoms with van der Waals surface area (Å²) >= 11 is 5.87. The van der Waals surface area contributed by atoms with E-state index in [2.05, 4.69) is 5.32 Å². The standard InChI is InChI=1S/C15H15ClFNO/c1-18-15(10-3-6-12(16)7-4-10)11-5-8-14(19-2)13(17)9-11/h3-9,15,18H,1-2H3. The zero-order chi connectivity index (χ0) is 13.8. The molecule has 0 amide bonds. The lowest BCUT2D eigenvalue weighted by Gasteiger charge is -2.18. The Bertz CT molecular complexity index is 557. The van der Waals surface area contributed by atoms with E-state index in [1.54, 1.807) is 6.07 Å². The highest BCUT2D eigenvalue weighted by Crippen LogP contribution is 2.26. The van der Waals surface area contributed by atoms with Crippen LogP contribution in [0.15, 0.2) is 42.5 Å². The number of methoxy groups -OCH3 is 1. The first-order valence-corrected chi connectivity index (χ1v) is 6.29. The zero-order valence-corrected chi connectivity index (χ0v) is 11.5. The van der Waals surface area contributed by atoms with Gasteiger partial charge in [0.2, 0.25) is 0 Å². The Hall–Kier alpha value is -1.58. The minimum atomic E-state index is -0.366. The van der Waals surface area contributed by atoms with E-state index < -0.39 is 0 Å². The molecule has 0 aliphatic heterocycles. The Morgan fingerprint density at radius 1 is 1.11 bits per heavy atom. The molecule has 0 aliphatic carbocycles. The highest BCUT2D eigenvalue weighted by molar-refractivity contribution is 6.30. The number of benzene rings is 2. The molecule has 19 heavy (non-hydrogen) atoms. The van der Waals surface area contributed by atoms with E-state index in [0.717, 1.165) is 11.1 Å². The van der Waals surface area contributed by atoms with Crippen molar-refractivity contribution < 1.29 is 9.13 Å². The van der Waals surface area contributed by atoms with E-state index in [1.807, 2.05) is 37.4 Å². The molecule has 0 heterocycles. The molecule has 2 nitrogen and oxygen atoms in total. The summed E-state index contributed by atoms with van der Waals surface area (Å²) < 4.78 is 18.7. The quantitative estimate of drug-likeness (QED) is 0.919. The fourth-order valence-corrected chi connectivity index (χ4v) is 2.17. The maximum atomic E-state index is 13.8. The molecule has 1 atom stereocenters. The first kappa shape index (κ1) is 13.8. The lowest BCUT2D eigenvalue weighted by Crippen LogP contribution is -2.17. The van der Waals surface area contributed by atoms with Gasteiger partial charge in [-0.15, -0.1) is 0 Å². The van der Waals surface area contributed by atoms with Crippen LogP contribution in [0.3, 0.4) is 0 Å². The van der Waals surface area contributed by atoms with Crippen LogP contribution < -0.4 is 10.1 Å². The van der Waals surface area contributed by atoms with Gasteiger partial charge in [0.05, 0.1) is 13.2 Å². The molecule has 0 aliphatic rings. The Morgan fingerprint density at radius 3 is 2.26 bits per heavy atom. The summed E-state index contributed by atoms with van der Waals surface area (Å²) in [6.07, 6.45) is 0. The minimum Gasteiger partial charge on any atom is -0.494 e. The summed E-state index contributed by atoms with van der Waals surface area (Å²) in [5.74, 6) is -0.121. The topological polar surface area (TPSA) is 21.3 Å². The number of halogens is 2. The fourth-order valence-electron chi connectivity index (χ4n) is 2.04. The SMILES string of the molecule is CNC(c1ccc(Cl)cc1)c1ccc(OC)c(F)c1. The molecule has 0 bridgehead atoms. The Labute approximate surface area is 117 Å². The number of ether oxygens (including phenoxy) is 1. The largest absolute Gasteiger partial charge is 0.494 e. The molecular weight excluding hydrogens is 265 g/mol. The summed E-state index contributed by atoms with van der Waals surface area (Å²) in [6.45, 7) is 0. The van der Waals surface area contributed by atoms with Gasteiger partial charge in [0, 0.05) is 5.02 Å². The predicted octanol–water partition coefficient (Wildman–Crippen LogP) is 3.80. The van der Waals surface area contributed by atoms with Gasteiger partial charge in [-0.3, -0.25) is 0 Å². The van der Waals surface area contributed by atoms with Gasteiger partial charge in [-0.25, -0.2) is 4.39 Å². The van der Waals surface area contributed by atoms with E-state index in [1.165, 1.54) is 13.2 Å². The first-order valence-electron chi connectivity index (χ1n) is 5.92. The number of rotatable bonds is 4. The lowest BCUT2D eigenvalue weighted by molar-refractivity contribution is 0.386. The molecule has 100 valence electrons. The Morgan fingerprint density at radius 2 is 1.74 bits per heavy atom. The third kappa shape index (κ3) is 3.06. The highest BCUT2D eigenvalue weighted by atomic mass is 35.5. The normalized spacial score (nSPS) is 12.2. The third-order valence-electron chi connectivity index (χ3n) is 3.00. The maximum absolute atomic E-state index is 13.8. The molecule has 2 rings (SSSR count). The second kappa shape index (κ2) is 6.04. The molecule has 4 heteroatoms. The van der Waals surface area contributed by atoms with Crippen molar-refractivity contribution in [3.05, 3.63) is 64.4 Å². The second-order valence-electron chi connectivity index (χ2n) is 4.17. The molecule has 2 aromatic rings. The van der Waals surface area contributed by atoms with Crippen LogP contribution in [0, 0.1) is 5.82 Å². The number of hydrogen-bond donors (Lipinski definition) is 1. The van der Waals surface area contributed by atoms with Crippen LogP contribution in [-0.4, -0.2) is 14.2 Å². The number of hydrogen-bond acceptors (Lipinski definition) is 2. The van der Waals surface area contributed by atoms with Crippen molar-refractivity contribution in [3.8, 4) is 5.75 Å². The molecule has 0 aromatic heterocycles. The Balaban J connectivity index is 2.36. The van der Waals surface area contributed by atoms with E-state index in [-0.39, 0.29) is 17.6 Å². The highest BCUT2D eigenvalue weighted by Gasteiger charge is 2.14. The summed E-state index contributed by atoms with van der Waals surface area (Å²) in [6, 6.07) is 12.4. The van der Waals surface area contributed by atoms with Crippen LogP contribution in [-0.2, 0) is 0 Å². The first-order chi connectivity index (χ1) is 9.15. The van der Waals surface area contributed by atoms with Crippen molar-refractivity contribution in [2.75, 3.05) is 14.2 Å². The smallest absolute Gasteiger partial charge is 0.165 e. The van der Waals surface area contributed by atoms with Crippen LogP contribution in [0.25, 0.3) is 0 Å². The zero-order valence-electron chi connectivity index (χ0n) is 10.8. The molecule has 0 saturated carbocycles. The van der Waals surface area contributed by atoms with Crippen LogP contribution in [0.4, 0.5) is 4.39 Å². The monoisotopic (exact) mass is 279 g/mol. The lowest BCUT2D eigenvalue weighted by atomic mass is 9.98. The molecule has 0 radical (unpaired) electrons. The molecule has 0 saturated heterocycles. The summed E-state index contributed by atoms with van der Waals surface area (Å²) in [7, 11) is 3.29. The average molecular weight is 280 g/mol. The van der Waals surface area contributed by atoms with Crippen LogP contribution >= 0.6 is 11.6 Å². The van der Waals surface area contributed by atoms with Crippen molar-refractivity contribution in [2.45, 2.75) is 6.04 Å². The van der Waals surface area contributed by atoms with Crippen LogP contribution in [0.5, 0.6) is 5.75 Å². The van der Waals surface area contributed by atoms with Crippen molar-refractivity contribution >= 4 is 11.6 Å². The van der Waals surface area contributed by atoms with Crippen molar-refractivity contribution in [1.82, 2.24) is 5.32 Å². The van der Waals surface area contributed by atoms with Gasteiger partial charge in [-0.2, -0.15) is 0 Å². The van der Waals surface area contributed by atoms with Crippen LogP contribution in [0.1, 0.15) is 17.2 Å². The molecule has 1 N–H and O–H groups in total. The number of nitrogens with one attached hydrogen (secondary N) is 1. The predicted molar refractivity (Wildman–Crippen MR) is 75.3 cm³/mol. The van der Waals surface area contributed by atoms with E-state index in [9.17, 15) is 4.39 Å². The maximum Gasteiger partial charge on any atom is 0.165 e. The van der Waals surface area contributed by atoms with E-state index >= 15 is 0 Å². The van der Waals surface area contributed by atoms with Gasteiger partial charge in [-0.1, -0.05) is 29.8 Å². The van der Waals surface area contributed by atoms with Gasteiger partial charge in [0.15, 0.2) is 11.6 Å². The van der Waals surface area contributed by atoms with E-state index in [4.69, 9.17) is 16.3 Å². The molecule has 0 spiro atoms. The summed E-state index contributed by atoms with van der Waals surface area (Å²) in [5, 5.41) is 3.85. The molecule has 2 aromatic carbocycles. The fraction of sp³-hybridized carbons (Fsp3) is 0.200. The van der Waals surface area contributed by atoms with Crippen molar-refractivity contribution in [1.29, 1.82) is 0 Å². The molecule has 1 unspecified atom stereocenters.